The molecule has 3 aliphatic rings. The van der Waals surface area contributed by atoms with Crippen molar-refractivity contribution in [3.63, 3.8) is 0 Å². The van der Waals surface area contributed by atoms with Gasteiger partial charge in [0.05, 0.1) is 0 Å². The van der Waals surface area contributed by atoms with Gasteiger partial charge in [0.25, 0.3) is 0 Å². The number of carbonyl (C=O) groups is 1. The number of nitrogens with one attached hydrogen (secondary N) is 2. The number of benzene rings is 2. The highest BCUT2D eigenvalue weighted by molar-refractivity contribution is 6.16. The fourth-order valence-electron chi connectivity index (χ4n) is 6.01. The molecule has 2 heterocycles. The van der Waals surface area contributed by atoms with Crippen LogP contribution >= 0.6 is 0 Å². The van der Waals surface area contributed by atoms with E-state index in [1.54, 1.807) is 11.0 Å². The first kappa shape index (κ1) is 24.8. The van der Waals surface area contributed by atoms with E-state index in [1.807, 2.05) is 6.07 Å². The molecule has 192 valence electrons. The number of urea groups is 1. The molecule has 0 bridgehead atoms. The maximum atomic E-state index is 14.2. The summed E-state index contributed by atoms with van der Waals surface area (Å²) in [5.74, 6) is 0.447. The summed E-state index contributed by atoms with van der Waals surface area (Å²) in [6, 6.07) is 15.4. The van der Waals surface area contributed by atoms with Gasteiger partial charge in [-0.15, -0.1) is 0 Å². The summed E-state index contributed by atoms with van der Waals surface area (Å²) in [4.78, 5) is 22.0. The van der Waals surface area contributed by atoms with Crippen LogP contribution in [-0.2, 0) is 6.54 Å². The molecule has 6 nitrogen and oxygen atoms in total. The summed E-state index contributed by atoms with van der Waals surface area (Å²) >= 11 is 0. The van der Waals surface area contributed by atoms with Gasteiger partial charge < -0.3 is 10.6 Å². The number of hydrogen-bond acceptors (Lipinski definition) is 4. The lowest BCUT2D eigenvalue weighted by Crippen LogP contribution is -2.62. The lowest BCUT2D eigenvalue weighted by molar-refractivity contribution is 0.181. The molecule has 0 unspecified atom stereocenters. The number of aliphatic imine (C=N–C) groups is 1. The predicted octanol–water partition coefficient (Wildman–Crippen LogP) is 5.94. The van der Waals surface area contributed by atoms with E-state index in [0.717, 1.165) is 56.8 Å². The fraction of sp³-hybridized carbons (Fsp3) is 0.517. The van der Waals surface area contributed by atoms with Gasteiger partial charge in [0, 0.05) is 43.1 Å². The largest absolute Gasteiger partial charge is 0.383 e. The Morgan fingerprint density at radius 2 is 1.81 bits per heavy atom. The van der Waals surface area contributed by atoms with Crippen molar-refractivity contribution in [1.82, 2.24) is 10.2 Å². The van der Waals surface area contributed by atoms with Gasteiger partial charge in [-0.1, -0.05) is 37.5 Å². The van der Waals surface area contributed by atoms with Crippen LogP contribution in [0.4, 0.5) is 20.6 Å². The van der Waals surface area contributed by atoms with Gasteiger partial charge in [0.2, 0.25) is 0 Å². The number of piperidine rings is 1. The average molecular weight is 492 g/mol. The Morgan fingerprint density at radius 1 is 1.06 bits per heavy atom. The van der Waals surface area contributed by atoms with E-state index >= 15 is 0 Å². The fourth-order valence-corrected chi connectivity index (χ4v) is 6.01. The third-order valence-corrected chi connectivity index (χ3v) is 7.75. The first-order valence-corrected chi connectivity index (χ1v) is 13.5. The molecule has 2 aliphatic heterocycles. The van der Waals surface area contributed by atoms with Crippen LogP contribution in [-0.4, -0.2) is 47.5 Å². The molecule has 5 rings (SSSR count). The van der Waals surface area contributed by atoms with Crippen molar-refractivity contribution in [3.05, 3.63) is 59.9 Å². The van der Waals surface area contributed by atoms with E-state index in [2.05, 4.69) is 58.6 Å². The third-order valence-electron chi connectivity index (χ3n) is 7.75. The number of anilines is 2. The number of carbonyl (C=O) groups excluding carboxylic acids is 1. The number of halogens is 1. The smallest absolute Gasteiger partial charge is 0.350 e. The van der Waals surface area contributed by atoms with E-state index in [-0.39, 0.29) is 11.8 Å². The molecule has 1 saturated heterocycles. The molecular weight excluding hydrogens is 453 g/mol. The Labute approximate surface area is 214 Å². The molecule has 36 heavy (non-hydrogen) atoms. The Balaban J connectivity index is 1.35. The summed E-state index contributed by atoms with van der Waals surface area (Å²) in [6.07, 6.45) is 7.42. The van der Waals surface area contributed by atoms with Gasteiger partial charge >= 0.3 is 6.03 Å². The van der Waals surface area contributed by atoms with Crippen molar-refractivity contribution in [2.75, 3.05) is 23.3 Å². The minimum Gasteiger partial charge on any atom is -0.383 e. The molecule has 0 radical (unpaired) electrons. The van der Waals surface area contributed by atoms with Crippen molar-refractivity contribution >= 4 is 23.2 Å². The van der Waals surface area contributed by atoms with Crippen LogP contribution in [0.15, 0.2) is 53.5 Å². The Morgan fingerprint density at radius 3 is 2.53 bits per heavy atom. The minimum atomic E-state index is -0.556. The Kier molecular flexibility index (Phi) is 7.28. The number of hydrogen-bond donors (Lipinski definition) is 2. The summed E-state index contributed by atoms with van der Waals surface area (Å²) in [5.41, 5.74) is 2.45. The van der Waals surface area contributed by atoms with Crippen LogP contribution in [0.5, 0.6) is 0 Å². The second-order valence-electron chi connectivity index (χ2n) is 10.8. The monoisotopic (exact) mass is 491 g/mol. The van der Waals surface area contributed by atoms with E-state index < -0.39 is 5.54 Å². The van der Waals surface area contributed by atoms with Crippen LogP contribution in [0.3, 0.4) is 0 Å². The first-order valence-electron chi connectivity index (χ1n) is 13.5. The van der Waals surface area contributed by atoms with E-state index in [9.17, 15) is 9.18 Å². The van der Waals surface area contributed by atoms with Gasteiger partial charge in [-0.3, -0.25) is 9.80 Å². The van der Waals surface area contributed by atoms with Crippen molar-refractivity contribution in [2.45, 2.75) is 83.0 Å². The Bertz CT molecular complexity index is 1100. The van der Waals surface area contributed by atoms with Gasteiger partial charge in [0.1, 0.15) is 17.2 Å². The van der Waals surface area contributed by atoms with Crippen molar-refractivity contribution in [1.29, 1.82) is 0 Å². The second kappa shape index (κ2) is 10.6. The summed E-state index contributed by atoms with van der Waals surface area (Å²) in [7, 11) is 0. The second-order valence-corrected chi connectivity index (χ2v) is 10.8. The molecule has 2 fully saturated rings. The highest BCUT2D eigenvalue weighted by atomic mass is 19.1. The lowest BCUT2D eigenvalue weighted by atomic mass is 9.83. The number of rotatable bonds is 6. The topological polar surface area (TPSA) is 60.0 Å². The standard InChI is InChI=1S/C29H38FN5O/c1-21(2)31-25-12-6-8-22(18-25)20-34-16-14-29(15-17-34)27(32-24-10-4-3-5-11-24)33-28(36)35(29)26-13-7-9-23(30)19-26/h6-9,12-13,18-19,21,24,31H,3-5,10-11,14-17,20H2,1-2H3,(H,32,33,36). The molecule has 7 heteroatoms. The van der Waals surface area contributed by atoms with Crippen molar-refractivity contribution in [2.24, 2.45) is 4.99 Å². The van der Waals surface area contributed by atoms with E-state index in [1.165, 1.54) is 37.0 Å². The average Bonchev–Trinajstić information content (AvgIpc) is 3.11. The maximum absolute atomic E-state index is 14.2. The van der Waals surface area contributed by atoms with E-state index in [0.29, 0.717) is 17.8 Å². The highest BCUT2D eigenvalue weighted by Crippen LogP contribution is 2.39. The molecule has 2 aromatic rings. The number of amides is 2. The van der Waals surface area contributed by atoms with Crippen LogP contribution in [0, 0.1) is 5.82 Å². The SMILES string of the molecule is CC(C)Nc1cccc(CN2CCC3(CC2)C(NC2CCCCC2)=NC(=O)N3c2cccc(F)c2)c1. The van der Waals surface area contributed by atoms with Crippen LogP contribution in [0.1, 0.15) is 64.4 Å². The van der Waals surface area contributed by atoms with Gasteiger partial charge in [0.15, 0.2) is 0 Å². The molecule has 2 amide bonds. The molecule has 0 aromatic heterocycles. The molecule has 0 atom stereocenters. The summed E-state index contributed by atoms with van der Waals surface area (Å²) in [5, 5.41) is 7.16. The molecular formula is C29H38FN5O. The van der Waals surface area contributed by atoms with Gasteiger partial charge in [-0.25, -0.2) is 9.18 Å². The van der Waals surface area contributed by atoms with Crippen LogP contribution in [0.2, 0.25) is 0 Å². The van der Waals surface area contributed by atoms with Crippen molar-refractivity contribution in [3.8, 4) is 0 Å². The van der Waals surface area contributed by atoms with Crippen LogP contribution in [0.25, 0.3) is 0 Å². The number of amidine groups is 1. The molecule has 1 aliphatic carbocycles. The predicted molar refractivity (Wildman–Crippen MR) is 144 cm³/mol. The first-order chi connectivity index (χ1) is 17.4. The van der Waals surface area contributed by atoms with E-state index in [4.69, 9.17) is 0 Å². The van der Waals surface area contributed by atoms with Gasteiger partial charge in [-0.2, -0.15) is 4.99 Å². The Hall–Kier alpha value is -2.93. The normalized spacial score (nSPS) is 20.7. The summed E-state index contributed by atoms with van der Waals surface area (Å²) < 4.78 is 14.2. The zero-order chi connectivity index (χ0) is 25.1. The zero-order valence-electron chi connectivity index (χ0n) is 21.5. The maximum Gasteiger partial charge on any atom is 0.350 e. The molecule has 2 aromatic carbocycles. The molecule has 1 saturated carbocycles. The highest BCUT2D eigenvalue weighted by Gasteiger charge is 2.52. The van der Waals surface area contributed by atoms with Crippen molar-refractivity contribution < 1.29 is 9.18 Å². The molecule has 2 N–H and O–H groups in total. The zero-order valence-corrected chi connectivity index (χ0v) is 21.5. The molecule has 1 spiro atoms. The quantitative estimate of drug-likeness (QED) is 0.525. The van der Waals surface area contributed by atoms with Crippen LogP contribution < -0.4 is 15.5 Å². The summed E-state index contributed by atoms with van der Waals surface area (Å²) in [6.45, 7) is 6.83. The number of nitrogens with zero attached hydrogens (tertiary/aromatic N) is 3. The minimum absolute atomic E-state index is 0.292. The lowest BCUT2D eigenvalue weighted by Gasteiger charge is -2.45. The van der Waals surface area contributed by atoms with Gasteiger partial charge in [-0.05, 0) is 75.4 Å². The number of likely N-dealkylation sites (tertiary alicyclic amines) is 1. The third kappa shape index (κ3) is 5.26.